The summed E-state index contributed by atoms with van der Waals surface area (Å²) < 4.78 is 0. The zero-order chi connectivity index (χ0) is 22.6. The average Bonchev–Trinajstić information content (AvgIpc) is 3.07. The van der Waals surface area contributed by atoms with E-state index in [2.05, 4.69) is 26.1 Å². The van der Waals surface area contributed by atoms with Crippen LogP contribution in [0.4, 0.5) is 0 Å². The van der Waals surface area contributed by atoms with Crippen LogP contribution in [0.3, 0.4) is 0 Å². The van der Waals surface area contributed by atoms with Gasteiger partial charge in [-0.2, -0.15) is 0 Å². The van der Waals surface area contributed by atoms with Gasteiger partial charge in [0.25, 0.3) is 0 Å². The minimum Gasteiger partial charge on any atom is -0.393 e. The predicted molar refractivity (Wildman–Crippen MR) is 120 cm³/mol. The van der Waals surface area contributed by atoms with E-state index in [0.717, 1.165) is 51.4 Å². The van der Waals surface area contributed by atoms with E-state index in [-0.39, 0.29) is 47.6 Å². The molecule has 178 valence electrons. The maximum absolute atomic E-state index is 11.9. The lowest BCUT2D eigenvalue weighted by atomic mass is 9.43. The lowest BCUT2D eigenvalue weighted by Crippen LogP contribution is -2.62. The zero-order valence-electron chi connectivity index (χ0n) is 19.6. The smallest absolute Gasteiger partial charge is 0.220 e. The summed E-state index contributed by atoms with van der Waals surface area (Å²) in [5.74, 6) is 1.95. The molecule has 0 radical (unpaired) electrons. The van der Waals surface area contributed by atoms with Crippen molar-refractivity contribution >= 4 is 5.91 Å². The fraction of sp³-hybridized carbons (Fsp3) is 0.960. The third-order valence-electron chi connectivity index (χ3n) is 10.6. The molecule has 6 nitrogen and oxygen atoms in total. The topological polar surface area (TPSA) is 116 Å². The molecule has 0 aromatic carbocycles. The van der Waals surface area contributed by atoms with Crippen molar-refractivity contribution in [1.82, 2.24) is 5.32 Å². The van der Waals surface area contributed by atoms with Crippen molar-refractivity contribution in [2.75, 3.05) is 6.67 Å². The Balaban J connectivity index is 1.54. The molecule has 6 unspecified atom stereocenters. The van der Waals surface area contributed by atoms with Gasteiger partial charge in [-0.15, -0.1) is 0 Å². The Kier molecular flexibility index (Phi) is 6.50. The summed E-state index contributed by atoms with van der Waals surface area (Å²) in [7, 11) is 0. The van der Waals surface area contributed by atoms with Crippen LogP contribution < -0.4 is 11.1 Å². The Morgan fingerprint density at radius 1 is 1.10 bits per heavy atom. The van der Waals surface area contributed by atoms with E-state index in [9.17, 15) is 20.1 Å². The largest absolute Gasteiger partial charge is 0.393 e. The van der Waals surface area contributed by atoms with Crippen LogP contribution in [0.15, 0.2) is 0 Å². The van der Waals surface area contributed by atoms with Crippen molar-refractivity contribution in [2.45, 2.75) is 96.9 Å². The maximum atomic E-state index is 11.9. The van der Waals surface area contributed by atoms with Gasteiger partial charge in [-0.05, 0) is 97.7 Å². The van der Waals surface area contributed by atoms with E-state index < -0.39 is 0 Å². The number of hydrogen-bond donors (Lipinski definition) is 5. The number of carbonyl (C=O) groups excluding carboxylic acids is 1. The first kappa shape index (κ1) is 23.5. The summed E-state index contributed by atoms with van der Waals surface area (Å²) in [5.41, 5.74) is 5.32. The maximum Gasteiger partial charge on any atom is 0.220 e. The van der Waals surface area contributed by atoms with Gasteiger partial charge in [-0.3, -0.25) is 4.79 Å². The van der Waals surface area contributed by atoms with Crippen molar-refractivity contribution in [1.29, 1.82) is 0 Å². The molecule has 0 aromatic rings. The molecule has 4 aliphatic carbocycles. The number of nitrogens with one attached hydrogen (secondary N) is 1. The third kappa shape index (κ3) is 3.75. The number of amides is 1. The van der Waals surface area contributed by atoms with Crippen LogP contribution in [0, 0.1) is 46.3 Å². The fourth-order valence-electron chi connectivity index (χ4n) is 8.89. The number of nitrogens with two attached hydrogens (primary N) is 1. The minimum absolute atomic E-state index is 0.000498. The van der Waals surface area contributed by atoms with Crippen LogP contribution >= 0.6 is 0 Å². The molecule has 11 atom stereocenters. The number of carbonyl (C=O) groups is 1. The number of aliphatic hydroxyl groups is 3. The Morgan fingerprint density at radius 2 is 1.84 bits per heavy atom. The van der Waals surface area contributed by atoms with Crippen molar-refractivity contribution in [2.24, 2.45) is 52.1 Å². The second-order valence-corrected chi connectivity index (χ2v) is 11.8. The highest BCUT2D eigenvalue weighted by Crippen LogP contribution is 2.68. The lowest BCUT2D eigenvalue weighted by Gasteiger charge is -2.63. The van der Waals surface area contributed by atoms with E-state index in [1.807, 2.05) is 0 Å². The fourth-order valence-corrected chi connectivity index (χ4v) is 8.89. The first-order valence-corrected chi connectivity index (χ1v) is 12.6. The number of hydrogen-bond acceptors (Lipinski definition) is 5. The molecule has 0 saturated heterocycles. The second kappa shape index (κ2) is 8.58. The highest BCUT2D eigenvalue weighted by atomic mass is 16.3. The second-order valence-electron chi connectivity index (χ2n) is 11.8. The van der Waals surface area contributed by atoms with E-state index >= 15 is 0 Å². The first-order valence-electron chi connectivity index (χ1n) is 12.6. The summed E-state index contributed by atoms with van der Waals surface area (Å²) >= 11 is 0. The van der Waals surface area contributed by atoms with Gasteiger partial charge in [0.05, 0.1) is 25.0 Å². The quantitative estimate of drug-likeness (QED) is 0.425. The highest BCUT2D eigenvalue weighted by Gasteiger charge is 2.65. The summed E-state index contributed by atoms with van der Waals surface area (Å²) in [6, 6.07) is 0. The van der Waals surface area contributed by atoms with Crippen molar-refractivity contribution < 1.29 is 20.1 Å². The molecular weight excluding hydrogens is 392 g/mol. The lowest BCUT2D eigenvalue weighted by molar-refractivity contribution is -0.207. The van der Waals surface area contributed by atoms with Gasteiger partial charge in [0.2, 0.25) is 5.91 Å². The van der Waals surface area contributed by atoms with Gasteiger partial charge in [0.15, 0.2) is 0 Å². The van der Waals surface area contributed by atoms with Gasteiger partial charge in [0.1, 0.15) is 0 Å². The Morgan fingerprint density at radius 3 is 2.55 bits per heavy atom. The SMILES string of the molecule is CC(CCC(=O)NCN)C1CCC2C3C(C[C@H](O)[C@]12C)[C@@]1(C)CC[C@@H](O)CC1C[C@H]3O. The molecule has 1 amide bonds. The monoisotopic (exact) mass is 436 g/mol. The van der Waals surface area contributed by atoms with Crippen LogP contribution in [0.5, 0.6) is 0 Å². The highest BCUT2D eigenvalue weighted by molar-refractivity contribution is 5.75. The third-order valence-corrected chi connectivity index (χ3v) is 10.6. The van der Waals surface area contributed by atoms with Crippen LogP contribution in [0.2, 0.25) is 0 Å². The zero-order valence-corrected chi connectivity index (χ0v) is 19.6. The normalized spacial score (nSPS) is 50.2. The molecule has 0 heterocycles. The van der Waals surface area contributed by atoms with Gasteiger partial charge >= 0.3 is 0 Å². The Labute approximate surface area is 187 Å². The van der Waals surface area contributed by atoms with Crippen molar-refractivity contribution in [3.05, 3.63) is 0 Å². The van der Waals surface area contributed by atoms with Crippen LogP contribution in [-0.4, -0.2) is 46.2 Å². The van der Waals surface area contributed by atoms with Gasteiger partial charge in [0, 0.05) is 6.42 Å². The van der Waals surface area contributed by atoms with E-state index in [1.54, 1.807) is 0 Å². The van der Waals surface area contributed by atoms with Crippen LogP contribution in [-0.2, 0) is 4.79 Å². The van der Waals surface area contributed by atoms with Crippen molar-refractivity contribution in [3.63, 3.8) is 0 Å². The summed E-state index contributed by atoms with van der Waals surface area (Å²) in [6.45, 7) is 7.03. The molecule has 0 aliphatic heterocycles. The molecule has 0 bridgehead atoms. The molecule has 6 heteroatoms. The number of fused-ring (bicyclic) bond motifs is 5. The summed E-state index contributed by atoms with van der Waals surface area (Å²) in [5, 5.41) is 35.8. The number of rotatable bonds is 5. The van der Waals surface area contributed by atoms with E-state index in [0.29, 0.717) is 36.0 Å². The van der Waals surface area contributed by atoms with Crippen LogP contribution in [0.1, 0.15) is 78.6 Å². The molecule has 4 fully saturated rings. The van der Waals surface area contributed by atoms with Crippen molar-refractivity contribution in [3.8, 4) is 0 Å². The molecule has 4 saturated carbocycles. The van der Waals surface area contributed by atoms with Gasteiger partial charge in [-0.25, -0.2) is 0 Å². The molecule has 31 heavy (non-hydrogen) atoms. The predicted octanol–water partition coefficient (Wildman–Crippen LogP) is 2.40. The van der Waals surface area contributed by atoms with Gasteiger partial charge in [-0.1, -0.05) is 20.8 Å². The first-order chi connectivity index (χ1) is 14.6. The van der Waals surface area contributed by atoms with E-state index in [1.165, 1.54) is 0 Å². The van der Waals surface area contributed by atoms with Crippen LogP contribution in [0.25, 0.3) is 0 Å². The molecular formula is C25H44N2O4. The molecule has 4 rings (SSSR count). The number of aliphatic hydroxyl groups excluding tert-OH is 3. The molecule has 6 N–H and O–H groups in total. The Bertz CT molecular complexity index is 674. The minimum atomic E-state index is -0.374. The molecule has 0 aromatic heterocycles. The summed E-state index contributed by atoms with van der Waals surface area (Å²) in [6.07, 6.45) is 6.62. The average molecular weight is 437 g/mol. The standard InChI is InChI=1S/C25H44N2O4/c1-14(4-7-22(31)27-13-26)17-5-6-18-23-19(12-21(30)25(17,18)3)24(2)9-8-16(28)10-15(24)11-20(23)29/h14-21,23,28-30H,4-13,26H2,1-3H3,(H,27,31)/t14?,15?,16-,17?,18?,19?,20-,21+,23?,24+,25-/m1/s1. The summed E-state index contributed by atoms with van der Waals surface area (Å²) in [4.78, 5) is 11.9. The Hall–Kier alpha value is -0.690. The molecule has 4 aliphatic rings. The van der Waals surface area contributed by atoms with Gasteiger partial charge < -0.3 is 26.4 Å². The van der Waals surface area contributed by atoms with E-state index in [4.69, 9.17) is 5.73 Å². The molecule has 0 spiro atoms.